The molecule has 31 heavy (non-hydrogen) atoms. The van der Waals surface area contributed by atoms with Gasteiger partial charge in [0.05, 0.1) is 5.02 Å². The third-order valence-electron chi connectivity index (χ3n) is 5.22. The van der Waals surface area contributed by atoms with Crippen molar-refractivity contribution in [3.05, 3.63) is 23.2 Å². The summed E-state index contributed by atoms with van der Waals surface area (Å²) in [4.78, 5) is 26.4. The lowest BCUT2D eigenvalue weighted by atomic mass is 9.57. The molecule has 0 spiro atoms. The number of rotatable bonds is 5. The molecule has 0 radical (unpaired) electrons. The Bertz CT molecular complexity index is 902. The number of aliphatic carboxylic acids is 1. The standard InChI is InChI=1S/C22H25ClF3NO4/c1-6-17(28)27(14-7-8-16(15(23)9-14)31-13-22(24,25)26)21(18(29)30)11-19(2,3)10-20(4,5)12-21/h1,7-9H,10-13H2,2-5H3,(H,29,30). The highest BCUT2D eigenvalue weighted by atomic mass is 35.5. The summed E-state index contributed by atoms with van der Waals surface area (Å²) in [7, 11) is 0. The van der Waals surface area contributed by atoms with Gasteiger partial charge in [-0.05, 0) is 54.2 Å². The second-order valence-electron chi connectivity index (χ2n) is 9.50. The zero-order valence-electron chi connectivity index (χ0n) is 17.8. The first-order valence-corrected chi connectivity index (χ1v) is 9.93. The molecule has 1 fully saturated rings. The molecule has 0 unspecified atom stereocenters. The first kappa shape index (κ1) is 24.9. The molecular weight excluding hydrogens is 435 g/mol. The minimum Gasteiger partial charge on any atom is -0.483 e. The number of hydrogen-bond acceptors (Lipinski definition) is 3. The monoisotopic (exact) mass is 459 g/mol. The smallest absolute Gasteiger partial charge is 0.422 e. The molecule has 0 saturated heterocycles. The number of terminal acetylenes is 1. The van der Waals surface area contributed by atoms with Gasteiger partial charge in [-0.1, -0.05) is 39.3 Å². The Balaban J connectivity index is 2.59. The van der Waals surface area contributed by atoms with E-state index in [1.807, 2.05) is 33.6 Å². The van der Waals surface area contributed by atoms with E-state index in [1.165, 1.54) is 12.1 Å². The van der Waals surface area contributed by atoms with E-state index in [0.717, 1.165) is 17.4 Å². The van der Waals surface area contributed by atoms with Crippen LogP contribution in [-0.4, -0.2) is 35.3 Å². The number of hydrogen-bond donors (Lipinski definition) is 1. The number of benzene rings is 1. The molecular formula is C22H25ClF3NO4. The van der Waals surface area contributed by atoms with Crippen LogP contribution in [0.25, 0.3) is 0 Å². The fourth-order valence-electron chi connectivity index (χ4n) is 5.00. The molecule has 1 aromatic carbocycles. The molecule has 9 heteroatoms. The number of alkyl halides is 3. The van der Waals surface area contributed by atoms with Crippen LogP contribution in [0.15, 0.2) is 18.2 Å². The van der Waals surface area contributed by atoms with Gasteiger partial charge in [0, 0.05) is 5.69 Å². The average molecular weight is 460 g/mol. The van der Waals surface area contributed by atoms with Crippen molar-refractivity contribution in [2.75, 3.05) is 11.5 Å². The van der Waals surface area contributed by atoms with Gasteiger partial charge < -0.3 is 9.84 Å². The van der Waals surface area contributed by atoms with E-state index in [4.69, 9.17) is 18.0 Å². The van der Waals surface area contributed by atoms with Gasteiger partial charge in [0.25, 0.3) is 0 Å². The molecule has 0 aromatic heterocycles. The van der Waals surface area contributed by atoms with Gasteiger partial charge in [0.2, 0.25) is 0 Å². The number of halogens is 4. The van der Waals surface area contributed by atoms with Gasteiger partial charge in [0.15, 0.2) is 6.61 Å². The molecule has 2 rings (SSSR count). The van der Waals surface area contributed by atoms with Crippen molar-refractivity contribution in [3.8, 4) is 18.1 Å². The van der Waals surface area contributed by atoms with E-state index in [2.05, 4.69) is 4.74 Å². The number of carbonyl (C=O) groups is 2. The van der Waals surface area contributed by atoms with E-state index in [-0.39, 0.29) is 29.3 Å². The molecule has 5 nitrogen and oxygen atoms in total. The molecule has 1 aliphatic rings. The van der Waals surface area contributed by atoms with E-state index in [0.29, 0.717) is 0 Å². The largest absolute Gasteiger partial charge is 0.483 e. The first-order chi connectivity index (χ1) is 14.0. The number of carboxylic acid groups (broad SMARTS) is 1. The number of carboxylic acids is 1. The second kappa shape index (κ2) is 8.27. The fraction of sp³-hybridized carbons (Fsp3) is 0.545. The average Bonchev–Trinajstić information content (AvgIpc) is 2.57. The van der Waals surface area contributed by atoms with Crippen LogP contribution in [0.5, 0.6) is 5.75 Å². The summed E-state index contributed by atoms with van der Waals surface area (Å²) in [6, 6.07) is 3.64. The summed E-state index contributed by atoms with van der Waals surface area (Å²) in [6.07, 6.45) is 1.81. The SMILES string of the molecule is C#CC(=O)N(c1ccc(OCC(F)(F)F)c(Cl)c1)C1(C(=O)O)CC(C)(C)CC(C)(C)C1. The van der Waals surface area contributed by atoms with E-state index >= 15 is 0 Å². The third kappa shape index (κ3) is 5.65. The normalized spacial score (nSPS) is 19.2. The zero-order chi connectivity index (χ0) is 23.8. The number of anilines is 1. The number of nitrogens with zero attached hydrogens (tertiary/aromatic N) is 1. The number of ether oxygens (including phenoxy) is 1. The minimum absolute atomic E-state index is 0.0724. The molecule has 0 heterocycles. The summed E-state index contributed by atoms with van der Waals surface area (Å²) in [5.41, 5.74) is -2.44. The lowest BCUT2D eigenvalue weighted by molar-refractivity contribution is -0.153. The van der Waals surface area contributed by atoms with Crippen molar-refractivity contribution in [2.45, 2.75) is 58.7 Å². The van der Waals surface area contributed by atoms with Crippen LogP contribution in [0.1, 0.15) is 47.0 Å². The Hall–Kier alpha value is -2.40. The van der Waals surface area contributed by atoms with Crippen molar-refractivity contribution >= 4 is 29.2 Å². The Kier molecular flexibility index (Phi) is 6.63. The summed E-state index contributed by atoms with van der Waals surface area (Å²) in [6.45, 7) is 6.15. The van der Waals surface area contributed by atoms with Crippen LogP contribution in [0, 0.1) is 23.2 Å². The third-order valence-corrected chi connectivity index (χ3v) is 5.51. The Morgan fingerprint density at radius 2 is 1.74 bits per heavy atom. The van der Waals surface area contributed by atoms with Gasteiger partial charge in [-0.3, -0.25) is 9.69 Å². The molecule has 1 aromatic rings. The van der Waals surface area contributed by atoms with Crippen LogP contribution < -0.4 is 9.64 Å². The quantitative estimate of drug-likeness (QED) is 0.606. The van der Waals surface area contributed by atoms with Gasteiger partial charge in [-0.25, -0.2) is 4.79 Å². The van der Waals surface area contributed by atoms with E-state index in [9.17, 15) is 27.9 Å². The zero-order valence-corrected chi connectivity index (χ0v) is 18.5. The molecule has 0 bridgehead atoms. The van der Waals surface area contributed by atoms with Crippen LogP contribution >= 0.6 is 11.6 Å². The van der Waals surface area contributed by atoms with Crippen molar-refractivity contribution in [1.29, 1.82) is 0 Å². The van der Waals surface area contributed by atoms with E-state index < -0.39 is 41.0 Å². The van der Waals surface area contributed by atoms with Crippen LogP contribution in [0.2, 0.25) is 5.02 Å². The van der Waals surface area contributed by atoms with Crippen molar-refractivity contribution in [1.82, 2.24) is 0 Å². The van der Waals surface area contributed by atoms with Crippen molar-refractivity contribution in [2.24, 2.45) is 10.8 Å². The topological polar surface area (TPSA) is 66.8 Å². The van der Waals surface area contributed by atoms with Gasteiger partial charge in [0.1, 0.15) is 11.3 Å². The van der Waals surface area contributed by atoms with Crippen LogP contribution in [0.4, 0.5) is 18.9 Å². The minimum atomic E-state index is -4.56. The Labute approximate surface area is 184 Å². The number of amides is 1. The predicted octanol–water partition coefficient (Wildman–Crippen LogP) is 5.31. The highest BCUT2D eigenvalue weighted by Gasteiger charge is 2.57. The Morgan fingerprint density at radius 3 is 2.16 bits per heavy atom. The van der Waals surface area contributed by atoms with E-state index in [1.54, 1.807) is 0 Å². The molecule has 1 aliphatic carbocycles. The molecule has 1 N–H and O–H groups in total. The summed E-state index contributed by atoms with van der Waals surface area (Å²) in [5.74, 6) is -0.367. The maximum Gasteiger partial charge on any atom is 0.422 e. The van der Waals surface area contributed by atoms with Gasteiger partial charge in [-0.2, -0.15) is 13.2 Å². The summed E-state index contributed by atoms with van der Waals surface area (Å²) in [5, 5.41) is 10.1. The predicted molar refractivity (Wildman–Crippen MR) is 111 cm³/mol. The van der Waals surface area contributed by atoms with Crippen LogP contribution in [0.3, 0.4) is 0 Å². The highest BCUT2D eigenvalue weighted by molar-refractivity contribution is 6.32. The summed E-state index contributed by atoms with van der Waals surface area (Å²) >= 11 is 6.10. The van der Waals surface area contributed by atoms with Crippen molar-refractivity contribution < 1.29 is 32.6 Å². The van der Waals surface area contributed by atoms with Crippen molar-refractivity contribution in [3.63, 3.8) is 0 Å². The van der Waals surface area contributed by atoms with Gasteiger partial charge >= 0.3 is 18.1 Å². The molecule has 0 aliphatic heterocycles. The fourth-order valence-corrected chi connectivity index (χ4v) is 5.23. The molecule has 1 amide bonds. The van der Waals surface area contributed by atoms with Gasteiger partial charge in [-0.15, -0.1) is 6.42 Å². The summed E-state index contributed by atoms with van der Waals surface area (Å²) < 4.78 is 42.0. The lowest BCUT2D eigenvalue weighted by Crippen LogP contribution is -2.63. The maximum absolute atomic E-state index is 12.8. The molecule has 1 saturated carbocycles. The second-order valence-corrected chi connectivity index (χ2v) is 9.91. The maximum atomic E-state index is 12.8. The number of carbonyl (C=O) groups excluding carboxylic acids is 1. The lowest BCUT2D eigenvalue weighted by Gasteiger charge is -2.53. The van der Waals surface area contributed by atoms with Crippen LogP contribution in [-0.2, 0) is 9.59 Å². The first-order valence-electron chi connectivity index (χ1n) is 9.55. The highest BCUT2D eigenvalue weighted by Crippen LogP contribution is 2.53. The molecule has 0 atom stereocenters. The molecule has 170 valence electrons. The Morgan fingerprint density at radius 1 is 1.19 bits per heavy atom.